The van der Waals surface area contributed by atoms with Gasteiger partial charge in [0.1, 0.15) is 31.2 Å². The number of aromatic nitrogens is 3. The Kier molecular flexibility index (Phi) is 10.4. The topological polar surface area (TPSA) is 176 Å². The first-order valence-corrected chi connectivity index (χ1v) is 6.90. The zero-order chi connectivity index (χ0) is 19.4. The van der Waals surface area contributed by atoms with Crippen molar-refractivity contribution in [2.75, 3.05) is 20.8 Å². The molecule has 0 aliphatic heterocycles. The molecular formula is C14H21N5O6. The van der Waals surface area contributed by atoms with Gasteiger partial charge in [0.2, 0.25) is 0 Å². The van der Waals surface area contributed by atoms with Crippen LogP contribution >= 0.6 is 0 Å². The summed E-state index contributed by atoms with van der Waals surface area (Å²) in [6.45, 7) is 3.10. The Morgan fingerprint density at radius 3 is 2.60 bits per heavy atom. The minimum absolute atomic E-state index is 0.331. The maximum absolute atomic E-state index is 10.4. The molecule has 0 radical (unpaired) electrons. The quantitative estimate of drug-likeness (QED) is 0.496. The van der Waals surface area contributed by atoms with E-state index >= 15 is 0 Å². The first-order valence-electron chi connectivity index (χ1n) is 6.90. The van der Waals surface area contributed by atoms with Crippen LogP contribution in [-0.4, -0.2) is 69.0 Å². The number of carbonyl (C=O) groups is 1. The maximum Gasteiger partial charge on any atom is 0.505 e. The van der Waals surface area contributed by atoms with Gasteiger partial charge in [-0.15, -0.1) is 0 Å². The molecule has 0 aromatic carbocycles. The van der Waals surface area contributed by atoms with Crippen molar-refractivity contribution < 1.29 is 29.6 Å². The van der Waals surface area contributed by atoms with Gasteiger partial charge in [-0.1, -0.05) is 0 Å². The van der Waals surface area contributed by atoms with E-state index in [1.165, 1.54) is 25.0 Å². The lowest BCUT2D eigenvalue weighted by Crippen LogP contribution is -2.38. The van der Waals surface area contributed by atoms with Gasteiger partial charge < -0.3 is 30.5 Å². The molecule has 2 aromatic heterocycles. The minimum atomic E-state index is -1.49. The summed E-state index contributed by atoms with van der Waals surface area (Å²) in [6.07, 6.45) is -2.36. The molecule has 0 aliphatic rings. The number of aliphatic hydroxyl groups excluding tert-OH is 2. The predicted molar refractivity (Wildman–Crippen MR) is 85.5 cm³/mol. The van der Waals surface area contributed by atoms with Gasteiger partial charge in [-0.05, 0) is 19.2 Å². The van der Waals surface area contributed by atoms with Crippen molar-refractivity contribution in [3.63, 3.8) is 0 Å². The monoisotopic (exact) mass is 355 g/mol. The van der Waals surface area contributed by atoms with E-state index in [9.17, 15) is 15.0 Å². The molecule has 2 rings (SSSR count). The molecule has 0 saturated carbocycles. The van der Waals surface area contributed by atoms with Gasteiger partial charge in [0.05, 0.1) is 17.4 Å². The first kappa shape index (κ1) is 22.2. The van der Waals surface area contributed by atoms with E-state index in [0.29, 0.717) is 11.2 Å². The number of nitriles is 1. The fraction of sp³-hybridized carbons (Fsp3) is 0.429. The fourth-order valence-corrected chi connectivity index (χ4v) is 1.94. The lowest BCUT2D eigenvalue weighted by atomic mass is 10.1. The Morgan fingerprint density at radius 2 is 2.04 bits per heavy atom. The lowest BCUT2D eigenvalue weighted by molar-refractivity contribution is -0.0994. The number of rotatable bonds is 6. The van der Waals surface area contributed by atoms with Gasteiger partial charge in [-0.3, -0.25) is 0 Å². The standard InChI is InChI=1S/C12H15N3O6.CH5N.CHN/c1-20-9(5-21-12(18)19)11(17)10(16)8-3-2-7-4-13-6-14-15(7)8;2*1-2/h2-4,6,9-11,16-17H,5H2,1H3,(H,18,19);2H2,1H3;1H/t9?,10-,11+;;/m0../s1. The highest BCUT2D eigenvalue weighted by atomic mass is 16.7. The molecule has 0 fully saturated rings. The van der Waals surface area contributed by atoms with Crippen LogP contribution in [-0.2, 0) is 9.47 Å². The van der Waals surface area contributed by atoms with E-state index in [2.05, 4.69) is 27.1 Å². The van der Waals surface area contributed by atoms with Crippen LogP contribution in [0.2, 0.25) is 0 Å². The molecule has 3 atom stereocenters. The smallest absolute Gasteiger partial charge is 0.450 e. The van der Waals surface area contributed by atoms with Gasteiger partial charge in [0.15, 0.2) is 0 Å². The van der Waals surface area contributed by atoms with Crippen LogP contribution in [0.15, 0.2) is 24.7 Å². The number of aliphatic hydroxyl groups is 2. The predicted octanol–water partition coefficient (Wildman–Crippen LogP) is -0.452. The number of nitrogens with two attached hydrogens (primary N) is 1. The van der Waals surface area contributed by atoms with E-state index in [1.807, 2.05) is 0 Å². The van der Waals surface area contributed by atoms with Gasteiger partial charge in [-0.2, -0.15) is 5.10 Å². The zero-order valence-electron chi connectivity index (χ0n) is 13.8. The summed E-state index contributed by atoms with van der Waals surface area (Å²) in [4.78, 5) is 14.2. The highest BCUT2D eigenvalue weighted by molar-refractivity contribution is 5.56. The van der Waals surface area contributed by atoms with Gasteiger partial charge in [0.25, 0.3) is 0 Å². The van der Waals surface area contributed by atoms with Crippen molar-refractivity contribution >= 4 is 11.7 Å². The van der Waals surface area contributed by atoms with Gasteiger partial charge in [0, 0.05) is 13.7 Å². The third-order valence-corrected chi connectivity index (χ3v) is 3.04. The minimum Gasteiger partial charge on any atom is -0.450 e. The largest absolute Gasteiger partial charge is 0.505 e. The second kappa shape index (κ2) is 11.7. The number of hydrogen-bond donors (Lipinski definition) is 4. The highest BCUT2D eigenvalue weighted by Crippen LogP contribution is 2.22. The third kappa shape index (κ3) is 5.98. The van der Waals surface area contributed by atoms with Crippen molar-refractivity contribution in [1.29, 1.82) is 5.26 Å². The second-order valence-corrected chi connectivity index (χ2v) is 4.29. The van der Waals surface area contributed by atoms with E-state index in [1.54, 1.807) is 18.3 Å². The van der Waals surface area contributed by atoms with Crippen molar-refractivity contribution in [2.45, 2.75) is 18.3 Å². The average Bonchev–Trinajstić information content (AvgIpc) is 3.08. The number of methoxy groups -OCH3 is 1. The van der Waals surface area contributed by atoms with Crippen LogP contribution in [0.5, 0.6) is 0 Å². The normalized spacial score (nSPS) is 13.4. The molecular weight excluding hydrogens is 334 g/mol. The molecule has 1 unspecified atom stereocenters. The zero-order valence-corrected chi connectivity index (χ0v) is 13.8. The van der Waals surface area contributed by atoms with E-state index in [-0.39, 0.29) is 0 Å². The van der Waals surface area contributed by atoms with Crippen LogP contribution in [0.3, 0.4) is 0 Å². The first-order chi connectivity index (χ1) is 12.0. The highest BCUT2D eigenvalue weighted by Gasteiger charge is 2.30. The summed E-state index contributed by atoms with van der Waals surface area (Å²) < 4.78 is 10.7. The molecule has 0 bridgehead atoms. The van der Waals surface area contributed by atoms with Crippen LogP contribution in [0.1, 0.15) is 11.8 Å². The summed E-state index contributed by atoms with van der Waals surface area (Å²) in [5.74, 6) is 0. The molecule has 0 aliphatic carbocycles. The summed E-state index contributed by atoms with van der Waals surface area (Å²) in [5, 5.41) is 39.3. The summed E-state index contributed by atoms with van der Waals surface area (Å²) >= 11 is 0. The van der Waals surface area contributed by atoms with Crippen molar-refractivity contribution in [3.8, 4) is 6.57 Å². The summed E-state index contributed by atoms with van der Waals surface area (Å²) in [5.41, 5.74) is 5.48. The molecule has 0 amide bonds. The third-order valence-electron chi connectivity index (χ3n) is 3.04. The molecule has 5 N–H and O–H groups in total. The molecule has 138 valence electrons. The lowest BCUT2D eigenvalue weighted by Gasteiger charge is -2.24. The Balaban J connectivity index is 0.00000134. The molecule has 25 heavy (non-hydrogen) atoms. The Hall–Kier alpha value is -2.78. The number of nitrogens with zero attached hydrogens (tertiary/aromatic N) is 4. The molecule has 11 heteroatoms. The SMILES string of the molecule is C#N.CN.COC(COC(=O)O)[C@@H](O)[C@@H](O)c1ccc2cncnn12. The molecule has 0 saturated heterocycles. The van der Waals surface area contributed by atoms with Gasteiger partial charge in [-0.25, -0.2) is 19.6 Å². The van der Waals surface area contributed by atoms with Gasteiger partial charge >= 0.3 is 6.16 Å². The summed E-state index contributed by atoms with van der Waals surface area (Å²) in [7, 11) is 2.78. The molecule has 2 heterocycles. The Morgan fingerprint density at radius 1 is 1.40 bits per heavy atom. The van der Waals surface area contributed by atoms with Crippen LogP contribution in [0, 0.1) is 11.8 Å². The fourth-order valence-electron chi connectivity index (χ4n) is 1.94. The van der Waals surface area contributed by atoms with E-state index in [0.717, 1.165) is 0 Å². The Labute approximate surface area is 143 Å². The van der Waals surface area contributed by atoms with Crippen molar-refractivity contribution in [3.05, 3.63) is 30.4 Å². The maximum atomic E-state index is 10.4. The molecule has 2 aromatic rings. The van der Waals surface area contributed by atoms with Crippen LogP contribution < -0.4 is 5.73 Å². The summed E-state index contributed by atoms with van der Waals surface area (Å²) in [6, 6.07) is 3.27. The van der Waals surface area contributed by atoms with E-state index < -0.39 is 31.1 Å². The molecule has 0 spiro atoms. The second-order valence-electron chi connectivity index (χ2n) is 4.29. The average molecular weight is 355 g/mol. The van der Waals surface area contributed by atoms with Crippen molar-refractivity contribution in [1.82, 2.24) is 14.6 Å². The Bertz CT molecular complexity index is 661. The van der Waals surface area contributed by atoms with E-state index in [4.69, 9.17) is 15.1 Å². The number of fused-ring (bicyclic) bond motifs is 1. The number of carboxylic acid groups (broad SMARTS) is 1. The van der Waals surface area contributed by atoms with Crippen molar-refractivity contribution in [2.24, 2.45) is 5.73 Å². The number of ether oxygens (including phenoxy) is 2. The van der Waals surface area contributed by atoms with Crippen LogP contribution in [0.25, 0.3) is 5.52 Å². The number of hydrogen-bond acceptors (Lipinski definition) is 9. The molecule has 11 nitrogen and oxygen atoms in total. The van der Waals surface area contributed by atoms with Crippen LogP contribution in [0.4, 0.5) is 4.79 Å².